The minimum Gasteiger partial charge on any atom is -0.340 e. The molecule has 3 atom stereocenters. The van der Waals surface area contributed by atoms with Crippen LogP contribution in [0.4, 0.5) is 0 Å². The lowest BCUT2D eigenvalue weighted by Crippen LogP contribution is -2.51. The highest BCUT2D eigenvalue weighted by Gasteiger charge is 2.31. The molecular weight excluding hydrogens is 401 g/mol. The molecule has 2 N–H and O–H groups in total. The van der Waals surface area contributed by atoms with Gasteiger partial charge >= 0.3 is 0 Å². The summed E-state index contributed by atoms with van der Waals surface area (Å²) in [5.41, 5.74) is 7.31. The third-order valence-corrected chi connectivity index (χ3v) is 5.19. The topological polar surface area (TPSA) is 88.5 Å². The van der Waals surface area contributed by atoms with Crippen LogP contribution in [-0.2, 0) is 4.79 Å². The number of halogens is 2. The molecule has 1 amide bonds. The molecule has 3 rings (SSSR count). The maximum atomic E-state index is 12.8. The van der Waals surface area contributed by atoms with E-state index in [0.717, 1.165) is 18.7 Å². The van der Waals surface area contributed by atoms with E-state index in [-0.39, 0.29) is 48.7 Å². The number of nitrogens with zero attached hydrogens (tertiary/aromatic N) is 4. The number of nitrogens with two attached hydrogens (primary N) is 1. The second kappa shape index (κ2) is 10.8. The minimum absolute atomic E-state index is 0. The van der Waals surface area contributed by atoms with Crippen molar-refractivity contribution in [3.05, 3.63) is 47.6 Å². The Kier molecular flexibility index (Phi) is 9.36. The molecule has 1 aliphatic heterocycles. The Balaban J connectivity index is 0.00000196. The number of amides is 1. The average molecular weight is 430 g/mol. The molecule has 1 aromatic carbocycles. The molecule has 7 nitrogen and oxygen atoms in total. The molecule has 2 heterocycles. The van der Waals surface area contributed by atoms with Crippen molar-refractivity contribution in [3.8, 4) is 0 Å². The Morgan fingerprint density at radius 2 is 1.71 bits per heavy atom. The van der Waals surface area contributed by atoms with Crippen molar-refractivity contribution in [2.45, 2.75) is 32.9 Å². The fourth-order valence-electron chi connectivity index (χ4n) is 3.37. The Bertz CT molecular complexity index is 735. The van der Waals surface area contributed by atoms with Crippen molar-refractivity contribution in [1.29, 1.82) is 0 Å². The van der Waals surface area contributed by atoms with Crippen LogP contribution in [0.3, 0.4) is 0 Å². The smallest absolute Gasteiger partial charge is 0.243 e. The molecule has 1 aliphatic rings. The quantitative estimate of drug-likeness (QED) is 0.785. The van der Waals surface area contributed by atoms with Gasteiger partial charge in [0.1, 0.15) is 0 Å². The van der Waals surface area contributed by atoms with Crippen molar-refractivity contribution in [1.82, 2.24) is 19.9 Å². The second-order valence-electron chi connectivity index (χ2n) is 6.94. The minimum atomic E-state index is -0.290. The number of hydrogen-bond acceptors (Lipinski definition) is 6. The summed E-state index contributed by atoms with van der Waals surface area (Å²) >= 11 is 0. The Hall–Kier alpha value is -1.67. The highest BCUT2D eigenvalue weighted by Crippen LogP contribution is 2.24. The first-order valence-corrected chi connectivity index (χ1v) is 9.11. The van der Waals surface area contributed by atoms with E-state index >= 15 is 0 Å². The molecule has 0 bridgehead atoms. The molecule has 0 saturated carbocycles. The van der Waals surface area contributed by atoms with Crippen molar-refractivity contribution in [2.24, 2.45) is 11.7 Å². The summed E-state index contributed by atoms with van der Waals surface area (Å²) in [7, 11) is 0. The molecule has 1 saturated heterocycles. The summed E-state index contributed by atoms with van der Waals surface area (Å²) in [5, 5.41) is 3.86. The van der Waals surface area contributed by atoms with E-state index in [1.807, 2.05) is 49.1 Å². The molecule has 28 heavy (non-hydrogen) atoms. The Morgan fingerprint density at radius 1 is 1.11 bits per heavy atom. The molecule has 0 aliphatic carbocycles. The molecular formula is C19H29Cl2N5O2. The van der Waals surface area contributed by atoms with Gasteiger partial charge in [0.15, 0.2) is 5.82 Å². The lowest BCUT2D eigenvalue weighted by atomic mass is 9.94. The van der Waals surface area contributed by atoms with Crippen molar-refractivity contribution < 1.29 is 9.32 Å². The van der Waals surface area contributed by atoms with Gasteiger partial charge in [-0.05, 0) is 19.4 Å². The van der Waals surface area contributed by atoms with Crippen LogP contribution in [-0.4, -0.2) is 52.0 Å². The molecule has 1 aromatic heterocycles. The zero-order valence-electron chi connectivity index (χ0n) is 16.4. The van der Waals surface area contributed by atoms with Crippen LogP contribution in [0.25, 0.3) is 0 Å². The first-order chi connectivity index (χ1) is 12.5. The summed E-state index contributed by atoms with van der Waals surface area (Å²) in [6.45, 7) is 8.70. The van der Waals surface area contributed by atoms with Crippen molar-refractivity contribution in [2.75, 3.05) is 26.2 Å². The fourth-order valence-corrected chi connectivity index (χ4v) is 3.37. The highest BCUT2D eigenvalue weighted by molar-refractivity contribution is 5.85. The van der Waals surface area contributed by atoms with Crippen LogP contribution in [0.1, 0.15) is 43.2 Å². The summed E-state index contributed by atoms with van der Waals surface area (Å²) in [5.74, 6) is 1.13. The van der Waals surface area contributed by atoms with Gasteiger partial charge in [0, 0.05) is 32.2 Å². The highest BCUT2D eigenvalue weighted by atomic mass is 35.5. The SMILES string of the molecule is Cc1noc(C(C)N2CCN(C(=O)C(C)C(N)c3ccccc3)CC2)n1.Cl.Cl. The number of carbonyl (C=O) groups excluding carboxylic acids is 1. The van der Waals surface area contributed by atoms with Crippen molar-refractivity contribution in [3.63, 3.8) is 0 Å². The number of aromatic nitrogens is 2. The zero-order chi connectivity index (χ0) is 18.7. The van der Waals surface area contributed by atoms with Crippen LogP contribution in [0.5, 0.6) is 0 Å². The molecule has 156 valence electrons. The monoisotopic (exact) mass is 429 g/mol. The van der Waals surface area contributed by atoms with Gasteiger partial charge in [0.2, 0.25) is 11.8 Å². The fraction of sp³-hybridized carbons (Fsp3) is 0.526. The van der Waals surface area contributed by atoms with Crippen LogP contribution in [0.15, 0.2) is 34.9 Å². The number of piperazine rings is 1. The summed E-state index contributed by atoms with van der Waals surface area (Å²) in [4.78, 5) is 21.3. The van der Waals surface area contributed by atoms with E-state index in [4.69, 9.17) is 10.3 Å². The van der Waals surface area contributed by atoms with Gasteiger partial charge in [-0.25, -0.2) is 0 Å². The number of aryl methyl sites for hydroxylation is 1. The second-order valence-corrected chi connectivity index (χ2v) is 6.94. The van der Waals surface area contributed by atoms with E-state index in [2.05, 4.69) is 22.0 Å². The third kappa shape index (κ3) is 5.44. The average Bonchev–Trinajstić information content (AvgIpc) is 3.13. The Morgan fingerprint density at radius 3 is 2.25 bits per heavy atom. The van der Waals surface area contributed by atoms with Crippen molar-refractivity contribution >= 4 is 30.7 Å². The molecule has 9 heteroatoms. The van der Waals surface area contributed by atoms with Crippen LogP contribution in [0, 0.1) is 12.8 Å². The summed E-state index contributed by atoms with van der Waals surface area (Å²) in [6.07, 6.45) is 0. The molecule has 0 spiro atoms. The molecule has 1 fully saturated rings. The lowest BCUT2D eigenvalue weighted by Gasteiger charge is -2.38. The van der Waals surface area contributed by atoms with Gasteiger partial charge in [0.05, 0.1) is 12.0 Å². The van der Waals surface area contributed by atoms with Crippen LogP contribution >= 0.6 is 24.8 Å². The van der Waals surface area contributed by atoms with Gasteiger partial charge in [-0.2, -0.15) is 4.98 Å². The maximum absolute atomic E-state index is 12.8. The molecule has 3 unspecified atom stereocenters. The first kappa shape index (κ1) is 24.4. The normalized spacial score (nSPS) is 17.8. The Labute approximate surface area is 178 Å². The number of hydrogen-bond donors (Lipinski definition) is 1. The van der Waals surface area contributed by atoms with Gasteiger partial charge in [-0.15, -0.1) is 24.8 Å². The van der Waals surface area contributed by atoms with Gasteiger partial charge in [0.25, 0.3) is 0 Å². The predicted octanol–water partition coefficient (Wildman–Crippen LogP) is 2.76. The lowest BCUT2D eigenvalue weighted by molar-refractivity contribution is -0.137. The van der Waals surface area contributed by atoms with E-state index < -0.39 is 0 Å². The summed E-state index contributed by atoms with van der Waals surface area (Å²) < 4.78 is 5.27. The molecule has 0 radical (unpaired) electrons. The summed E-state index contributed by atoms with van der Waals surface area (Å²) in [6, 6.07) is 9.56. The molecule has 2 aromatic rings. The standard InChI is InChI=1S/C19H27N5O2.2ClH/c1-13(17(20)16-7-5-4-6-8-16)19(25)24-11-9-23(10-12-24)14(2)18-21-15(3)22-26-18;;/h4-8,13-14,17H,9-12,20H2,1-3H3;2*1H. The van der Waals surface area contributed by atoms with E-state index in [1.165, 1.54) is 0 Å². The largest absolute Gasteiger partial charge is 0.340 e. The van der Waals surface area contributed by atoms with E-state index in [1.54, 1.807) is 0 Å². The van der Waals surface area contributed by atoms with Crippen LogP contribution in [0.2, 0.25) is 0 Å². The number of rotatable bonds is 5. The van der Waals surface area contributed by atoms with E-state index in [0.29, 0.717) is 24.8 Å². The number of benzene rings is 1. The van der Waals surface area contributed by atoms with Gasteiger partial charge in [-0.1, -0.05) is 42.4 Å². The number of carbonyl (C=O) groups is 1. The third-order valence-electron chi connectivity index (χ3n) is 5.19. The van der Waals surface area contributed by atoms with E-state index in [9.17, 15) is 4.79 Å². The zero-order valence-corrected chi connectivity index (χ0v) is 18.1. The first-order valence-electron chi connectivity index (χ1n) is 9.11. The van der Waals surface area contributed by atoms with Gasteiger partial charge in [-0.3, -0.25) is 9.69 Å². The van der Waals surface area contributed by atoms with Crippen LogP contribution < -0.4 is 5.73 Å². The predicted molar refractivity (Wildman–Crippen MR) is 113 cm³/mol. The maximum Gasteiger partial charge on any atom is 0.243 e. The van der Waals surface area contributed by atoms with Gasteiger partial charge < -0.3 is 15.2 Å².